The van der Waals surface area contributed by atoms with Crippen LogP contribution in [0.1, 0.15) is 34.5 Å². The Labute approximate surface area is 186 Å². The van der Waals surface area contributed by atoms with Gasteiger partial charge in [-0.05, 0) is 55.3 Å². The normalized spacial score (nSPS) is 16.5. The predicted molar refractivity (Wildman–Crippen MR) is 118 cm³/mol. The number of anilines is 1. The van der Waals surface area contributed by atoms with Gasteiger partial charge in [-0.3, -0.25) is 4.79 Å². The fourth-order valence-corrected chi connectivity index (χ4v) is 3.93. The van der Waals surface area contributed by atoms with Crippen molar-refractivity contribution in [3.05, 3.63) is 70.6 Å². The Hall–Kier alpha value is -3.13. The molecule has 2 aromatic rings. The highest BCUT2D eigenvalue weighted by Crippen LogP contribution is 2.38. The number of nitrogens with one attached hydrogen (secondary N) is 1. The zero-order valence-electron chi connectivity index (χ0n) is 18.5. The van der Waals surface area contributed by atoms with E-state index in [9.17, 15) is 13.6 Å². The minimum Gasteiger partial charge on any atom is -0.441 e. The minimum atomic E-state index is -0.553. The summed E-state index contributed by atoms with van der Waals surface area (Å²) in [6.45, 7) is 4.56. The summed E-state index contributed by atoms with van der Waals surface area (Å²) in [6, 6.07) is 6.43. The van der Waals surface area contributed by atoms with Crippen molar-refractivity contribution in [2.75, 3.05) is 45.7 Å². The summed E-state index contributed by atoms with van der Waals surface area (Å²) in [5.41, 5.74) is 2.15. The molecule has 0 spiro atoms. The Morgan fingerprint density at radius 1 is 1.16 bits per heavy atom. The van der Waals surface area contributed by atoms with Crippen LogP contribution in [0.25, 0.3) is 0 Å². The summed E-state index contributed by atoms with van der Waals surface area (Å²) < 4.78 is 39.7. The summed E-state index contributed by atoms with van der Waals surface area (Å²) >= 11 is 0. The maximum absolute atomic E-state index is 14.3. The van der Waals surface area contributed by atoms with Crippen molar-refractivity contribution in [2.45, 2.75) is 19.4 Å². The lowest BCUT2D eigenvalue weighted by Crippen LogP contribution is -2.38. The molecule has 32 heavy (non-hydrogen) atoms. The third kappa shape index (κ3) is 4.55. The van der Waals surface area contributed by atoms with E-state index in [2.05, 4.69) is 10.2 Å². The highest BCUT2D eigenvalue weighted by molar-refractivity contribution is 5.94. The van der Waals surface area contributed by atoms with Gasteiger partial charge in [-0.15, -0.1) is 0 Å². The number of carbonyl (C=O) groups is 1. The zero-order chi connectivity index (χ0) is 22.8. The van der Waals surface area contributed by atoms with Gasteiger partial charge < -0.3 is 24.6 Å². The van der Waals surface area contributed by atoms with Crippen LogP contribution in [-0.2, 0) is 11.2 Å². The molecule has 6 nitrogen and oxygen atoms in total. The molecule has 0 aromatic heterocycles. The van der Waals surface area contributed by atoms with Crippen LogP contribution in [0, 0.1) is 11.6 Å². The molecule has 0 radical (unpaired) electrons. The number of morpholine rings is 1. The van der Waals surface area contributed by atoms with Crippen molar-refractivity contribution in [1.29, 1.82) is 0 Å². The molecule has 2 heterocycles. The number of rotatable bonds is 5. The van der Waals surface area contributed by atoms with E-state index >= 15 is 0 Å². The van der Waals surface area contributed by atoms with E-state index in [0.29, 0.717) is 36.5 Å². The molecule has 1 fully saturated rings. The maximum Gasteiger partial charge on any atom is 0.253 e. The lowest BCUT2D eigenvalue weighted by atomic mass is 9.95. The Balaban J connectivity index is 1.70. The molecule has 0 saturated carbocycles. The molecule has 4 rings (SSSR count). The van der Waals surface area contributed by atoms with E-state index in [1.54, 1.807) is 20.2 Å². The second kappa shape index (κ2) is 9.16. The summed E-state index contributed by atoms with van der Waals surface area (Å²) in [5, 5.41) is 3.03. The molecule has 8 heteroatoms. The largest absolute Gasteiger partial charge is 0.441 e. The molecule has 0 bridgehead atoms. The first-order valence-electron chi connectivity index (χ1n) is 10.6. The van der Waals surface area contributed by atoms with Crippen LogP contribution in [0.4, 0.5) is 14.5 Å². The Morgan fingerprint density at radius 3 is 2.62 bits per heavy atom. The van der Waals surface area contributed by atoms with Crippen LogP contribution >= 0.6 is 0 Å². The molecule has 2 aliphatic heterocycles. The Kier molecular flexibility index (Phi) is 6.32. The molecule has 1 unspecified atom stereocenters. The molecule has 1 atom stereocenters. The highest BCUT2D eigenvalue weighted by Gasteiger charge is 2.26. The molecule has 2 aliphatic rings. The number of carbonyl (C=O) groups excluding carboxylic acids is 1. The summed E-state index contributed by atoms with van der Waals surface area (Å²) in [4.78, 5) is 16.3. The number of nitrogens with zero attached hydrogens (tertiary/aromatic N) is 2. The van der Waals surface area contributed by atoms with Crippen LogP contribution in [0.15, 0.2) is 42.3 Å². The van der Waals surface area contributed by atoms with E-state index in [-0.39, 0.29) is 11.6 Å². The van der Waals surface area contributed by atoms with Crippen LogP contribution in [0.5, 0.6) is 5.75 Å². The van der Waals surface area contributed by atoms with Crippen LogP contribution in [0.3, 0.4) is 0 Å². The number of ether oxygens (including phenoxy) is 2. The molecular formula is C24H27F2N3O3. The number of hydrogen-bond acceptors (Lipinski definition) is 5. The lowest BCUT2D eigenvalue weighted by Gasteiger charge is -2.34. The van der Waals surface area contributed by atoms with Gasteiger partial charge in [-0.1, -0.05) is 0 Å². The maximum atomic E-state index is 14.3. The SMILES string of the molecule is CC(Nc1cc(F)ccc1F)c1cc(C(=O)N(C)C)cc2c1OC(N1CCOCC1)=CC2. The van der Waals surface area contributed by atoms with Crippen molar-refractivity contribution in [1.82, 2.24) is 9.80 Å². The quantitative estimate of drug-likeness (QED) is 0.759. The first kappa shape index (κ1) is 22.1. The molecule has 1 amide bonds. The van der Waals surface area contributed by atoms with Gasteiger partial charge in [-0.25, -0.2) is 8.78 Å². The topological polar surface area (TPSA) is 54.0 Å². The van der Waals surface area contributed by atoms with Gasteiger partial charge in [-0.2, -0.15) is 0 Å². The third-order valence-corrected chi connectivity index (χ3v) is 5.64. The molecule has 170 valence electrons. The Morgan fingerprint density at radius 2 is 1.91 bits per heavy atom. The van der Waals surface area contributed by atoms with E-state index < -0.39 is 17.7 Å². The molecule has 1 N–H and O–H groups in total. The number of allylic oxidation sites excluding steroid dienone is 1. The van der Waals surface area contributed by atoms with Crippen LogP contribution in [-0.4, -0.2) is 56.1 Å². The van der Waals surface area contributed by atoms with Gasteiger partial charge in [0, 0.05) is 38.3 Å². The van der Waals surface area contributed by atoms with E-state index in [1.807, 2.05) is 19.1 Å². The van der Waals surface area contributed by atoms with Gasteiger partial charge in [0.15, 0.2) is 5.88 Å². The van der Waals surface area contributed by atoms with E-state index in [1.165, 1.54) is 4.90 Å². The van der Waals surface area contributed by atoms with Crippen molar-refractivity contribution >= 4 is 11.6 Å². The molecule has 1 saturated heterocycles. The third-order valence-electron chi connectivity index (χ3n) is 5.64. The van der Waals surface area contributed by atoms with Crippen LogP contribution in [0.2, 0.25) is 0 Å². The average Bonchev–Trinajstić information content (AvgIpc) is 2.80. The smallest absolute Gasteiger partial charge is 0.253 e. The molecular weight excluding hydrogens is 416 g/mol. The summed E-state index contributed by atoms with van der Waals surface area (Å²) in [7, 11) is 3.39. The first-order chi connectivity index (χ1) is 15.3. The zero-order valence-corrected chi connectivity index (χ0v) is 18.5. The van der Waals surface area contributed by atoms with E-state index in [4.69, 9.17) is 9.47 Å². The van der Waals surface area contributed by atoms with Gasteiger partial charge in [0.05, 0.1) is 24.9 Å². The van der Waals surface area contributed by atoms with Gasteiger partial charge in [0.25, 0.3) is 5.91 Å². The Bertz CT molecular complexity index is 1050. The van der Waals surface area contributed by atoms with E-state index in [0.717, 1.165) is 42.7 Å². The summed E-state index contributed by atoms with van der Waals surface area (Å²) in [6.07, 6.45) is 2.61. The van der Waals surface area contributed by atoms with Gasteiger partial charge in [0.1, 0.15) is 17.4 Å². The van der Waals surface area contributed by atoms with Crippen LogP contribution < -0.4 is 10.1 Å². The number of halogens is 2. The predicted octanol–water partition coefficient (Wildman–Crippen LogP) is 3.95. The molecule has 2 aromatic carbocycles. The van der Waals surface area contributed by atoms with Crippen molar-refractivity contribution < 1.29 is 23.0 Å². The average molecular weight is 443 g/mol. The van der Waals surface area contributed by atoms with Crippen molar-refractivity contribution in [3.8, 4) is 5.75 Å². The fraction of sp³-hybridized carbons (Fsp3) is 0.375. The van der Waals surface area contributed by atoms with Crippen molar-refractivity contribution in [3.63, 3.8) is 0 Å². The van der Waals surface area contributed by atoms with Gasteiger partial charge in [0.2, 0.25) is 0 Å². The fourth-order valence-electron chi connectivity index (χ4n) is 3.93. The van der Waals surface area contributed by atoms with Crippen molar-refractivity contribution in [2.24, 2.45) is 0 Å². The standard InChI is InChI=1S/C24H27F2N3O3/c1-15(27-21-14-18(25)5-6-20(21)26)19-13-17(24(30)28(2)3)12-16-4-7-22(32-23(16)19)29-8-10-31-11-9-29/h5-7,12-15,27H,4,8-11H2,1-3H3. The monoisotopic (exact) mass is 443 g/mol. The lowest BCUT2D eigenvalue weighted by molar-refractivity contribution is 0.0337. The summed E-state index contributed by atoms with van der Waals surface area (Å²) in [5.74, 6) is 0.163. The highest BCUT2D eigenvalue weighted by atomic mass is 19.1. The number of amides is 1. The molecule has 0 aliphatic carbocycles. The first-order valence-corrected chi connectivity index (χ1v) is 10.6. The number of fused-ring (bicyclic) bond motifs is 1. The second-order valence-corrected chi connectivity index (χ2v) is 8.19. The van der Waals surface area contributed by atoms with Gasteiger partial charge >= 0.3 is 0 Å². The number of benzene rings is 2. The number of hydrogen-bond donors (Lipinski definition) is 1. The minimum absolute atomic E-state index is 0.0512. The second-order valence-electron chi connectivity index (χ2n) is 8.19.